The number of hydrogen-bond donors (Lipinski definition) is 1. The standard InChI is InChI=1S/C14H20ClN3O/c1-10(6-7-12-5-4-8-19-12)16-9-13-11(2)17-18(3)14(13)15/h4-5,8,10,16H,6-7,9H2,1-3H3. The molecule has 0 fully saturated rings. The van der Waals surface area contributed by atoms with Crippen molar-refractivity contribution in [3.8, 4) is 0 Å². The summed E-state index contributed by atoms with van der Waals surface area (Å²) in [6.07, 6.45) is 3.69. The molecule has 0 saturated carbocycles. The smallest absolute Gasteiger partial charge is 0.131 e. The Morgan fingerprint density at radius 2 is 2.32 bits per heavy atom. The molecule has 1 atom stereocenters. The van der Waals surface area contributed by atoms with E-state index in [2.05, 4.69) is 17.3 Å². The Labute approximate surface area is 118 Å². The molecule has 4 nitrogen and oxygen atoms in total. The minimum atomic E-state index is 0.403. The highest BCUT2D eigenvalue weighted by molar-refractivity contribution is 6.30. The molecule has 0 saturated heterocycles. The van der Waals surface area contributed by atoms with Crippen LogP contribution in [0.15, 0.2) is 22.8 Å². The molecule has 2 heterocycles. The van der Waals surface area contributed by atoms with E-state index in [9.17, 15) is 0 Å². The van der Waals surface area contributed by atoms with Crippen LogP contribution in [0.3, 0.4) is 0 Å². The quantitative estimate of drug-likeness (QED) is 0.885. The van der Waals surface area contributed by atoms with Crippen LogP contribution >= 0.6 is 11.6 Å². The van der Waals surface area contributed by atoms with Crippen molar-refractivity contribution in [2.24, 2.45) is 7.05 Å². The molecule has 0 aliphatic carbocycles. The topological polar surface area (TPSA) is 43.0 Å². The Kier molecular flexibility index (Phi) is 4.66. The van der Waals surface area contributed by atoms with Crippen LogP contribution in [0.25, 0.3) is 0 Å². The average Bonchev–Trinajstić information content (AvgIpc) is 2.96. The third kappa shape index (κ3) is 3.61. The molecule has 19 heavy (non-hydrogen) atoms. The summed E-state index contributed by atoms with van der Waals surface area (Å²) in [5, 5.41) is 8.49. The summed E-state index contributed by atoms with van der Waals surface area (Å²) in [6.45, 7) is 4.90. The van der Waals surface area contributed by atoms with Crippen LogP contribution in [0.4, 0.5) is 0 Å². The van der Waals surface area contributed by atoms with E-state index in [-0.39, 0.29) is 0 Å². The molecule has 1 N–H and O–H groups in total. The highest BCUT2D eigenvalue weighted by atomic mass is 35.5. The van der Waals surface area contributed by atoms with Crippen LogP contribution in [0.5, 0.6) is 0 Å². The largest absolute Gasteiger partial charge is 0.469 e. The van der Waals surface area contributed by atoms with Crippen LogP contribution in [0.1, 0.15) is 30.4 Å². The molecule has 0 aliphatic rings. The molecule has 104 valence electrons. The highest BCUT2D eigenvalue weighted by Crippen LogP contribution is 2.18. The summed E-state index contributed by atoms with van der Waals surface area (Å²) < 4.78 is 7.04. The zero-order valence-corrected chi connectivity index (χ0v) is 12.4. The van der Waals surface area contributed by atoms with Crippen molar-refractivity contribution in [3.05, 3.63) is 40.6 Å². The summed E-state index contributed by atoms with van der Waals surface area (Å²) in [5.41, 5.74) is 2.06. The second-order valence-electron chi connectivity index (χ2n) is 4.88. The first-order valence-electron chi connectivity index (χ1n) is 6.51. The first kappa shape index (κ1) is 14.2. The molecule has 0 radical (unpaired) electrons. The molecular weight excluding hydrogens is 262 g/mol. The lowest BCUT2D eigenvalue weighted by Crippen LogP contribution is -2.26. The van der Waals surface area contributed by atoms with Crippen LogP contribution in [0, 0.1) is 6.92 Å². The molecule has 2 aromatic heterocycles. The van der Waals surface area contributed by atoms with Gasteiger partial charge in [0.05, 0.1) is 12.0 Å². The van der Waals surface area contributed by atoms with E-state index in [1.807, 2.05) is 26.1 Å². The van der Waals surface area contributed by atoms with Crippen LogP contribution in [-0.2, 0) is 20.0 Å². The first-order chi connectivity index (χ1) is 9.08. The van der Waals surface area contributed by atoms with Gasteiger partial charge in [0.15, 0.2) is 0 Å². The van der Waals surface area contributed by atoms with Gasteiger partial charge in [-0.3, -0.25) is 4.68 Å². The summed E-state index contributed by atoms with van der Waals surface area (Å²) in [7, 11) is 1.86. The van der Waals surface area contributed by atoms with Crippen LogP contribution in [0.2, 0.25) is 5.15 Å². The Balaban J connectivity index is 1.81. The molecule has 1 unspecified atom stereocenters. The van der Waals surface area contributed by atoms with Gasteiger partial charge in [-0.05, 0) is 32.4 Å². The Bertz CT molecular complexity index is 519. The molecule has 2 aromatic rings. The van der Waals surface area contributed by atoms with Gasteiger partial charge in [0.25, 0.3) is 0 Å². The second-order valence-corrected chi connectivity index (χ2v) is 5.24. The summed E-state index contributed by atoms with van der Waals surface area (Å²) >= 11 is 6.20. The van der Waals surface area contributed by atoms with Crippen molar-refractivity contribution in [2.75, 3.05) is 0 Å². The Hall–Kier alpha value is -1.26. The maximum atomic E-state index is 6.20. The molecular formula is C14H20ClN3O. The van der Waals surface area contributed by atoms with E-state index in [1.165, 1.54) is 0 Å². The maximum Gasteiger partial charge on any atom is 0.131 e. The third-order valence-corrected chi connectivity index (χ3v) is 3.77. The van der Waals surface area contributed by atoms with E-state index in [1.54, 1.807) is 10.9 Å². The number of furan rings is 1. The van der Waals surface area contributed by atoms with Crippen molar-refractivity contribution in [3.63, 3.8) is 0 Å². The minimum absolute atomic E-state index is 0.403. The van der Waals surface area contributed by atoms with Gasteiger partial charge < -0.3 is 9.73 Å². The van der Waals surface area contributed by atoms with E-state index in [0.717, 1.165) is 36.4 Å². The minimum Gasteiger partial charge on any atom is -0.469 e. The van der Waals surface area contributed by atoms with Gasteiger partial charge in [-0.1, -0.05) is 11.6 Å². The monoisotopic (exact) mass is 281 g/mol. The van der Waals surface area contributed by atoms with Crippen LogP contribution < -0.4 is 5.32 Å². The van der Waals surface area contributed by atoms with Crippen molar-refractivity contribution in [1.82, 2.24) is 15.1 Å². The van der Waals surface area contributed by atoms with Gasteiger partial charge in [0, 0.05) is 31.6 Å². The van der Waals surface area contributed by atoms with Gasteiger partial charge in [0.2, 0.25) is 0 Å². The normalized spacial score (nSPS) is 12.8. The van der Waals surface area contributed by atoms with Gasteiger partial charge in [-0.15, -0.1) is 0 Å². The lowest BCUT2D eigenvalue weighted by molar-refractivity contribution is 0.459. The third-order valence-electron chi connectivity index (χ3n) is 3.30. The predicted molar refractivity (Wildman–Crippen MR) is 76.3 cm³/mol. The maximum absolute atomic E-state index is 6.20. The Morgan fingerprint density at radius 3 is 2.89 bits per heavy atom. The van der Waals surface area contributed by atoms with E-state index < -0.39 is 0 Å². The van der Waals surface area contributed by atoms with Gasteiger partial charge in [-0.25, -0.2) is 0 Å². The van der Waals surface area contributed by atoms with E-state index in [0.29, 0.717) is 11.2 Å². The van der Waals surface area contributed by atoms with Crippen LogP contribution in [-0.4, -0.2) is 15.8 Å². The molecule has 0 spiro atoms. The first-order valence-corrected chi connectivity index (χ1v) is 6.89. The Morgan fingerprint density at radius 1 is 1.53 bits per heavy atom. The molecule has 0 amide bonds. The number of aromatic nitrogens is 2. The second kappa shape index (κ2) is 6.26. The fourth-order valence-electron chi connectivity index (χ4n) is 2.07. The summed E-state index contributed by atoms with van der Waals surface area (Å²) in [6, 6.07) is 4.34. The zero-order chi connectivity index (χ0) is 13.8. The van der Waals surface area contributed by atoms with Crippen molar-refractivity contribution in [2.45, 2.75) is 39.3 Å². The molecule has 0 aromatic carbocycles. The number of nitrogens with zero attached hydrogens (tertiary/aromatic N) is 2. The predicted octanol–water partition coefficient (Wildman–Crippen LogP) is 3.09. The van der Waals surface area contributed by atoms with Crippen molar-refractivity contribution >= 4 is 11.6 Å². The number of halogens is 1. The lowest BCUT2D eigenvalue weighted by Gasteiger charge is -2.13. The molecule has 2 rings (SSSR count). The van der Waals surface area contributed by atoms with Gasteiger partial charge in [0.1, 0.15) is 10.9 Å². The van der Waals surface area contributed by atoms with Gasteiger partial charge >= 0.3 is 0 Å². The van der Waals surface area contributed by atoms with Gasteiger partial charge in [-0.2, -0.15) is 5.10 Å². The van der Waals surface area contributed by atoms with Crippen molar-refractivity contribution < 1.29 is 4.42 Å². The number of aryl methyl sites for hydroxylation is 3. The number of rotatable bonds is 6. The van der Waals surface area contributed by atoms with E-state index in [4.69, 9.17) is 16.0 Å². The fraction of sp³-hybridized carbons (Fsp3) is 0.500. The molecule has 0 bridgehead atoms. The molecule has 0 aliphatic heterocycles. The summed E-state index contributed by atoms with van der Waals surface area (Å²) in [5.74, 6) is 1.03. The van der Waals surface area contributed by atoms with Crippen molar-refractivity contribution in [1.29, 1.82) is 0 Å². The zero-order valence-electron chi connectivity index (χ0n) is 11.6. The highest BCUT2D eigenvalue weighted by Gasteiger charge is 2.12. The average molecular weight is 282 g/mol. The lowest BCUT2D eigenvalue weighted by atomic mass is 10.1. The summed E-state index contributed by atoms with van der Waals surface area (Å²) in [4.78, 5) is 0. The number of nitrogens with one attached hydrogen (secondary N) is 1. The van der Waals surface area contributed by atoms with E-state index >= 15 is 0 Å². The SMILES string of the molecule is Cc1nn(C)c(Cl)c1CNC(C)CCc1ccco1. The number of hydrogen-bond acceptors (Lipinski definition) is 3. The fourth-order valence-corrected chi connectivity index (χ4v) is 2.31. The molecule has 5 heteroatoms.